The molecule has 0 bridgehead atoms. The third kappa shape index (κ3) is 2.24. The Morgan fingerprint density at radius 3 is 2.81 bits per heavy atom. The smallest absolute Gasteiger partial charge is 0.0234 e. The molecule has 0 aromatic heterocycles. The molecule has 0 fully saturated rings. The summed E-state index contributed by atoms with van der Waals surface area (Å²) in [7, 11) is 2.20. The molecule has 1 heterocycles. The fourth-order valence-electron chi connectivity index (χ4n) is 3.43. The minimum absolute atomic E-state index is 0.456. The molecule has 1 nitrogen and oxygen atoms in total. The van der Waals surface area contributed by atoms with Crippen molar-refractivity contribution in [3.05, 3.63) is 83.4 Å². The van der Waals surface area contributed by atoms with Crippen LogP contribution in [0.5, 0.6) is 0 Å². The molecule has 4 rings (SSSR count). The van der Waals surface area contributed by atoms with E-state index in [9.17, 15) is 0 Å². The molecular weight excluding hydrogens is 254 g/mol. The minimum atomic E-state index is 0.456. The van der Waals surface area contributed by atoms with Crippen LogP contribution in [0.15, 0.2) is 60.7 Å². The van der Waals surface area contributed by atoms with Gasteiger partial charge in [0.1, 0.15) is 0 Å². The van der Waals surface area contributed by atoms with Gasteiger partial charge in [-0.15, -0.1) is 0 Å². The molecule has 1 radical (unpaired) electrons. The average molecular weight is 272 g/mol. The number of hydrogen-bond donors (Lipinski definition) is 0. The van der Waals surface area contributed by atoms with Crippen molar-refractivity contribution >= 4 is 10.8 Å². The average Bonchev–Trinajstić information content (AvgIpc) is 2.53. The molecule has 1 heteroatoms. The Hall–Kier alpha value is -2.12. The van der Waals surface area contributed by atoms with E-state index in [0.717, 1.165) is 13.1 Å². The van der Waals surface area contributed by atoms with E-state index in [1.807, 2.05) is 6.07 Å². The maximum atomic E-state index is 3.22. The van der Waals surface area contributed by atoms with E-state index in [4.69, 9.17) is 0 Å². The maximum absolute atomic E-state index is 3.22. The lowest BCUT2D eigenvalue weighted by Crippen LogP contribution is -2.30. The topological polar surface area (TPSA) is 3.24 Å². The summed E-state index contributed by atoms with van der Waals surface area (Å²) in [5.41, 5.74) is 4.28. The summed E-state index contributed by atoms with van der Waals surface area (Å²) in [4.78, 5) is 2.40. The highest BCUT2D eigenvalue weighted by Gasteiger charge is 2.24. The van der Waals surface area contributed by atoms with E-state index in [1.165, 1.54) is 27.5 Å². The summed E-state index contributed by atoms with van der Waals surface area (Å²) < 4.78 is 0. The van der Waals surface area contributed by atoms with Crippen LogP contribution in [0.25, 0.3) is 10.8 Å². The van der Waals surface area contributed by atoms with Gasteiger partial charge in [0, 0.05) is 19.0 Å². The Labute approximate surface area is 125 Å². The third-order valence-corrected chi connectivity index (χ3v) is 4.47. The van der Waals surface area contributed by atoms with E-state index >= 15 is 0 Å². The Morgan fingerprint density at radius 1 is 1.05 bits per heavy atom. The van der Waals surface area contributed by atoms with E-state index < -0.39 is 0 Å². The third-order valence-electron chi connectivity index (χ3n) is 4.47. The van der Waals surface area contributed by atoms with Crippen LogP contribution in [-0.2, 0) is 6.54 Å². The summed E-state index contributed by atoms with van der Waals surface area (Å²) in [5, 5.41) is 2.64. The van der Waals surface area contributed by atoms with Crippen molar-refractivity contribution in [2.45, 2.75) is 12.5 Å². The fourth-order valence-corrected chi connectivity index (χ4v) is 3.43. The van der Waals surface area contributed by atoms with Gasteiger partial charge in [-0.3, -0.25) is 0 Å². The molecule has 3 aromatic carbocycles. The van der Waals surface area contributed by atoms with E-state index in [-0.39, 0.29) is 0 Å². The van der Waals surface area contributed by atoms with Gasteiger partial charge in [-0.25, -0.2) is 0 Å². The van der Waals surface area contributed by atoms with E-state index in [2.05, 4.69) is 72.6 Å². The van der Waals surface area contributed by atoms with Gasteiger partial charge in [-0.2, -0.15) is 0 Å². The molecule has 0 N–H and O–H groups in total. The highest BCUT2D eigenvalue weighted by atomic mass is 15.1. The molecule has 0 saturated heterocycles. The molecule has 103 valence electrons. The molecule has 1 atom stereocenters. The van der Waals surface area contributed by atoms with Crippen LogP contribution < -0.4 is 0 Å². The first kappa shape index (κ1) is 12.6. The molecule has 1 aliphatic heterocycles. The Bertz CT molecular complexity index is 790. The zero-order chi connectivity index (χ0) is 14.2. The zero-order valence-corrected chi connectivity index (χ0v) is 12.2. The fraction of sp³-hybridized carbons (Fsp3) is 0.200. The Morgan fingerprint density at radius 2 is 1.90 bits per heavy atom. The van der Waals surface area contributed by atoms with Crippen LogP contribution >= 0.6 is 0 Å². The second-order valence-corrected chi connectivity index (χ2v) is 5.98. The highest BCUT2D eigenvalue weighted by Crippen LogP contribution is 2.33. The second-order valence-electron chi connectivity index (χ2n) is 5.98. The van der Waals surface area contributed by atoms with Crippen molar-refractivity contribution in [2.75, 3.05) is 13.6 Å². The van der Waals surface area contributed by atoms with Crippen LogP contribution in [-0.4, -0.2) is 18.5 Å². The van der Waals surface area contributed by atoms with Gasteiger partial charge in [0.2, 0.25) is 0 Å². The number of likely N-dealkylation sites (N-methyl/N-ethyl adjacent to an activating group) is 1. The van der Waals surface area contributed by atoms with E-state index in [0.29, 0.717) is 5.92 Å². The van der Waals surface area contributed by atoms with Gasteiger partial charge in [-0.1, -0.05) is 54.6 Å². The van der Waals surface area contributed by atoms with Gasteiger partial charge in [-0.05, 0) is 46.6 Å². The van der Waals surface area contributed by atoms with Crippen molar-refractivity contribution < 1.29 is 0 Å². The number of fused-ring (bicyclic) bond motifs is 2. The van der Waals surface area contributed by atoms with Crippen molar-refractivity contribution in [2.24, 2.45) is 0 Å². The first-order valence-electron chi connectivity index (χ1n) is 7.47. The molecule has 3 aromatic rings. The standard InChI is InChI=1S/C20H18N/c1-21-13-18-8-4-5-9-19(18)20(14-21)17-11-10-15-6-2-3-7-16(15)12-17/h2-3,5-12,20H,13-14H2,1H3. The van der Waals surface area contributed by atoms with Crippen LogP contribution in [0.2, 0.25) is 0 Å². The van der Waals surface area contributed by atoms with Crippen LogP contribution in [0.3, 0.4) is 0 Å². The lowest BCUT2D eigenvalue weighted by molar-refractivity contribution is 0.295. The molecule has 21 heavy (non-hydrogen) atoms. The van der Waals surface area contributed by atoms with Gasteiger partial charge in [0.15, 0.2) is 0 Å². The van der Waals surface area contributed by atoms with Crippen molar-refractivity contribution in [3.8, 4) is 0 Å². The number of hydrogen-bond acceptors (Lipinski definition) is 1. The highest BCUT2D eigenvalue weighted by molar-refractivity contribution is 5.83. The quantitative estimate of drug-likeness (QED) is 0.641. The van der Waals surface area contributed by atoms with Crippen molar-refractivity contribution in [1.82, 2.24) is 4.90 Å². The summed E-state index contributed by atoms with van der Waals surface area (Å²) >= 11 is 0. The molecule has 1 unspecified atom stereocenters. The second kappa shape index (κ2) is 5.01. The number of rotatable bonds is 1. The van der Waals surface area contributed by atoms with Crippen molar-refractivity contribution in [3.63, 3.8) is 0 Å². The maximum Gasteiger partial charge on any atom is 0.0234 e. The molecule has 0 aliphatic carbocycles. The largest absolute Gasteiger partial charge is 0.301 e. The first-order valence-corrected chi connectivity index (χ1v) is 7.47. The van der Waals surface area contributed by atoms with Gasteiger partial charge in [0.05, 0.1) is 0 Å². The predicted molar refractivity (Wildman–Crippen MR) is 87.4 cm³/mol. The lowest BCUT2D eigenvalue weighted by atomic mass is 9.84. The van der Waals surface area contributed by atoms with E-state index in [1.54, 1.807) is 0 Å². The number of benzene rings is 3. The predicted octanol–water partition coefficient (Wildman–Crippen LogP) is 4.22. The molecule has 0 spiro atoms. The van der Waals surface area contributed by atoms with Crippen molar-refractivity contribution in [1.29, 1.82) is 0 Å². The normalized spacial score (nSPS) is 18.6. The number of nitrogens with zero attached hydrogens (tertiary/aromatic N) is 1. The Kier molecular flexibility index (Phi) is 3.01. The van der Waals surface area contributed by atoms with Gasteiger partial charge in [0.25, 0.3) is 0 Å². The van der Waals surface area contributed by atoms with Gasteiger partial charge >= 0.3 is 0 Å². The van der Waals surface area contributed by atoms with Crippen LogP contribution in [0.1, 0.15) is 22.6 Å². The zero-order valence-electron chi connectivity index (χ0n) is 12.2. The Balaban J connectivity index is 1.84. The first-order chi connectivity index (χ1) is 10.3. The molecule has 0 amide bonds. The summed E-state index contributed by atoms with van der Waals surface area (Å²) in [6.45, 7) is 2.10. The minimum Gasteiger partial charge on any atom is -0.301 e. The molecular formula is C20H18N. The summed E-state index contributed by atoms with van der Waals surface area (Å²) in [5.74, 6) is 0.456. The van der Waals surface area contributed by atoms with Crippen LogP contribution in [0.4, 0.5) is 0 Å². The summed E-state index contributed by atoms with van der Waals surface area (Å²) in [6.07, 6.45) is 0. The SMILES string of the molecule is CN1Cc2c[c]ccc2C(c2ccc3ccccc3c2)C1. The molecule has 1 aliphatic rings. The summed E-state index contributed by atoms with van der Waals surface area (Å²) in [6, 6.07) is 25.1. The molecule has 0 saturated carbocycles. The van der Waals surface area contributed by atoms with Gasteiger partial charge < -0.3 is 4.90 Å². The van der Waals surface area contributed by atoms with Crippen LogP contribution in [0, 0.1) is 6.07 Å². The monoisotopic (exact) mass is 272 g/mol. The lowest BCUT2D eigenvalue weighted by Gasteiger charge is -2.32.